The quantitative estimate of drug-likeness (QED) is 0.833. The number of imidazole rings is 1. The second-order valence-electron chi connectivity index (χ2n) is 3.00. The number of hydrogen-bond acceptors (Lipinski definition) is 2. The van der Waals surface area contributed by atoms with Crippen LogP contribution in [0.15, 0.2) is 18.5 Å². The van der Waals surface area contributed by atoms with Gasteiger partial charge < -0.3 is 9.67 Å². The Morgan fingerprint density at radius 1 is 1.67 bits per heavy atom. The summed E-state index contributed by atoms with van der Waals surface area (Å²) >= 11 is 0. The summed E-state index contributed by atoms with van der Waals surface area (Å²) in [5.74, 6) is 0.217. The van der Waals surface area contributed by atoms with Crippen molar-refractivity contribution in [2.75, 3.05) is 0 Å². The Morgan fingerprint density at radius 2 is 2.27 bits per heavy atom. The van der Waals surface area contributed by atoms with Crippen molar-refractivity contribution in [1.82, 2.24) is 9.55 Å². The summed E-state index contributed by atoms with van der Waals surface area (Å²) in [5.41, 5.74) is 0. The van der Waals surface area contributed by atoms with Crippen LogP contribution in [0.5, 0.6) is 0 Å². The van der Waals surface area contributed by atoms with Gasteiger partial charge in [0.1, 0.15) is 5.82 Å². The standard InChI is InChI=1S/C9H14N2.C2H4O2/c1-3-5-9-10-6-8-11(9)7-4-2;1-2(3)4/h3,5-6,8H,4,7H2,1-2H3;1H3,(H,3,4). The second kappa shape index (κ2) is 7.79. The first-order valence-corrected chi connectivity index (χ1v) is 4.95. The third kappa shape index (κ3) is 6.49. The number of aliphatic carboxylic acids is 1. The molecule has 0 atom stereocenters. The summed E-state index contributed by atoms with van der Waals surface area (Å²) in [6.45, 7) is 6.31. The smallest absolute Gasteiger partial charge is 0.300 e. The number of allylic oxidation sites excluding steroid dienone is 1. The number of aryl methyl sites for hydroxylation is 1. The van der Waals surface area contributed by atoms with Crippen LogP contribution in [-0.2, 0) is 11.3 Å². The first-order valence-electron chi connectivity index (χ1n) is 4.95. The van der Waals surface area contributed by atoms with Gasteiger partial charge >= 0.3 is 0 Å². The highest BCUT2D eigenvalue weighted by Crippen LogP contribution is 2.00. The summed E-state index contributed by atoms with van der Waals surface area (Å²) in [6.07, 6.45) is 9.04. The molecule has 0 spiro atoms. The van der Waals surface area contributed by atoms with E-state index < -0.39 is 5.97 Å². The van der Waals surface area contributed by atoms with Crippen LogP contribution in [-0.4, -0.2) is 20.6 Å². The van der Waals surface area contributed by atoms with Gasteiger partial charge in [0, 0.05) is 25.9 Å². The summed E-state index contributed by atoms with van der Waals surface area (Å²) < 4.78 is 2.15. The largest absolute Gasteiger partial charge is 0.481 e. The van der Waals surface area contributed by atoms with E-state index in [-0.39, 0.29) is 0 Å². The molecule has 0 fully saturated rings. The van der Waals surface area contributed by atoms with Crippen molar-refractivity contribution in [1.29, 1.82) is 0 Å². The van der Waals surface area contributed by atoms with E-state index in [1.807, 2.05) is 31.5 Å². The van der Waals surface area contributed by atoms with Crippen LogP contribution in [0, 0.1) is 0 Å². The van der Waals surface area contributed by atoms with E-state index in [0.29, 0.717) is 0 Å². The van der Waals surface area contributed by atoms with Crippen molar-refractivity contribution < 1.29 is 9.90 Å². The number of carbonyl (C=O) groups is 1. The molecular weight excluding hydrogens is 192 g/mol. The van der Waals surface area contributed by atoms with Crippen molar-refractivity contribution in [3.05, 3.63) is 24.3 Å². The lowest BCUT2D eigenvalue weighted by Crippen LogP contribution is -1.97. The maximum atomic E-state index is 9.00. The van der Waals surface area contributed by atoms with Gasteiger partial charge in [-0.3, -0.25) is 4.79 Å². The van der Waals surface area contributed by atoms with Gasteiger partial charge in [-0.1, -0.05) is 13.0 Å². The molecular formula is C11H18N2O2. The van der Waals surface area contributed by atoms with Crippen molar-refractivity contribution in [2.45, 2.75) is 33.7 Å². The van der Waals surface area contributed by atoms with Gasteiger partial charge in [-0.15, -0.1) is 0 Å². The molecule has 1 N–H and O–H groups in total. The van der Waals surface area contributed by atoms with E-state index in [4.69, 9.17) is 9.90 Å². The van der Waals surface area contributed by atoms with Gasteiger partial charge in [-0.05, 0) is 19.4 Å². The average Bonchev–Trinajstić information content (AvgIpc) is 2.53. The van der Waals surface area contributed by atoms with Gasteiger partial charge in [-0.25, -0.2) is 4.98 Å². The molecule has 1 rings (SSSR count). The molecule has 0 unspecified atom stereocenters. The zero-order chi connectivity index (χ0) is 11.7. The fourth-order valence-corrected chi connectivity index (χ4v) is 1.06. The fourth-order valence-electron chi connectivity index (χ4n) is 1.06. The first-order chi connectivity index (χ1) is 7.11. The third-order valence-electron chi connectivity index (χ3n) is 1.53. The Hall–Kier alpha value is -1.58. The maximum absolute atomic E-state index is 9.00. The summed E-state index contributed by atoms with van der Waals surface area (Å²) in [7, 11) is 0. The molecule has 0 saturated heterocycles. The Bertz CT molecular complexity index is 312. The van der Waals surface area contributed by atoms with E-state index >= 15 is 0 Å². The van der Waals surface area contributed by atoms with Crippen LogP contribution in [0.1, 0.15) is 33.0 Å². The molecule has 1 heterocycles. The number of carboxylic acids is 1. The van der Waals surface area contributed by atoms with Crippen LogP contribution >= 0.6 is 0 Å². The number of hydrogen-bond donors (Lipinski definition) is 1. The third-order valence-corrected chi connectivity index (χ3v) is 1.53. The highest BCUT2D eigenvalue weighted by Gasteiger charge is 1.94. The highest BCUT2D eigenvalue weighted by molar-refractivity contribution is 5.62. The van der Waals surface area contributed by atoms with Crippen molar-refractivity contribution >= 4 is 12.0 Å². The molecule has 84 valence electrons. The first kappa shape index (κ1) is 13.4. The van der Waals surface area contributed by atoms with Gasteiger partial charge in [0.15, 0.2) is 0 Å². The van der Waals surface area contributed by atoms with Crippen LogP contribution in [0.25, 0.3) is 6.08 Å². The molecule has 1 aromatic heterocycles. The molecule has 0 aliphatic rings. The lowest BCUT2D eigenvalue weighted by molar-refractivity contribution is -0.134. The van der Waals surface area contributed by atoms with Crippen molar-refractivity contribution in [3.8, 4) is 0 Å². The van der Waals surface area contributed by atoms with Crippen molar-refractivity contribution in [3.63, 3.8) is 0 Å². The monoisotopic (exact) mass is 210 g/mol. The van der Waals surface area contributed by atoms with E-state index in [2.05, 4.69) is 16.5 Å². The SMILES string of the molecule is CC(=O)O.CC=Cc1nccn1CCC. The zero-order valence-electron chi connectivity index (χ0n) is 9.47. The summed E-state index contributed by atoms with van der Waals surface area (Å²) in [5, 5.41) is 7.42. The van der Waals surface area contributed by atoms with E-state index in [9.17, 15) is 0 Å². The lowest BCUT2D eigenvalue weighted by Gasteiger charge is -2.00. The lowest BCUT2D eigenvalue weighted by atomic mass is 10.4. The highest BCUT2D eigenvalue weighted by atomic mass is 16.4. The van der Waals surface area contributed by atoms with Gasteiger partial charge in [-0.2, -0.15) is 0 Å². The number of carboxylic acid groups (broad SMARTS) is 1. The summed E-state index contributed by atoms with van der Waals surface area (Å²) in [6, 6.07) is 0. The normalized spacial score (nSPS) is 9.80. The van der Waals surface area contributed by atoms with Crippen LogP contribution < -0.4 is 0 Å². The average molecular weight is 210 g/mol. The Labute approximate surface area is 90.3 Å². The molecule has 4 nitrogen and oxygen atoms in total. The molecule has 0 radical (unpaired) electrons. The Balaban J connectivity index is 0.000000423. The van der Waals surface area contributed by atoms with E-state index in [1.54, 1.807) is 0 Å². The maximum Gasteiger partial charge on any atom is 0.300 e. The molecule has 0 bridgehead atoms. The fraction of sp³-hybridized carbons (Fsp3) is 0.455. The van der Waals surface area contributed by atoms with Crippen LogP contribution in [0.3, 0.4) is 0 Å². The molecule has 4 heteroatoms. The minimum absolute atomic E-state index is 0.833. The Kier molecular flexibility index (Phi) is 6.97. The zero-order valence-corrected chi connectivity index (χ0v) is 9.47. The van der Waals surface area contributed by atoms with Crippen molar-refractivity contribution in [2.24, 2.45) is 0 Å². The van der Waals surface area contributed by atoms with Crippen LogP contribution in [0.4, 0.5) is 0 Å². The molecule has 15 heavy (non-hydrogen) atoms. The van der Waals surface area contributed by atoms with Crippen LogP contribution in [0.2, 0.25) is 0 Å². The topological polar surface area (TPSA) is 55.1 Å². The van der Waals surface area contributed by atoms with E-state index in [0.717, 1.165) is 25.7 Å². The number of aromatic nitrogens is 2. The minimum Gasteiger partial charge on any atom is -0.481 e. The second-order valence-corrected chi connectivity index (χ2v) is 3.00. The number of nitrogens with zero attached hydrogens (tertiary/aromatic N) is 2. The molecule has 0 aliphatic heterocycles. The molecule has 0 aliphatic carbocycles. The molecule has 1 aromatic rings. The number of rotatable bonds is 3. The van der Waals surface area contributed by atoms with Gasteiger partial charge in [0.05, 0.1) is 0 Å². The Morgan fingerprint density at radius 3 is 2.73 bits per heavy atom. The van der Waals surface area contributed by atoms with E-state index in [1.165, 1.54) is 0 Å². The van der Waals surface area contributed by atoms with Gasteiger partial charge in [0.2, 0.25) is 0 Å². The molecule has 0 aromatic carbocycles. The summed E-state index contributed by atoms with van der Waals surface area (Å²) in [4.78, 5) is 13.2. The molecule has 0 amide bonds. The molecule has 0 saturated carbocycles. The predicted molar refractivity (Wildman–Crippen MR) is 60.5 cm³/mol. The minimum atomic E-state index is -0.833. The predicted octanol–water partition coefficient (Wildman–Crippen LogP) is 2.42. The van der Waals surface area contributed by atoms with Gasteiger partial charge in [0.25, 0.3) is 5.97 Å².